The maximum Gasteiger partial charge on any atom is 0.293 e. The van der Waals surface area contributed by atoms with Gasteiger partial charge in [0.2, 0.25) is 0 Å². The predicted molar refractivity (Wildman–Crippen MR) is 66.6 cm³/mol. The van der Waals surface area contributed by atoms with E-state index in [4.69, 9.17) is 0 Å². The summed E-state index contributed by atoms with van der Waals surface area (Å²) in [5.41, 5.74) is 0. The number of hydrogen-bond donors (Lipinski definition) is 0. The highest BCUT2D eigenvalue weighted by molar-refractivity contribution is 8.18. The van der Waals surface area contributed by atoms with E-state index in [0.29, 0.717) is 4.91 Å². The second-order valence-electron chi connectivity index (χ2n) is 3.47. The van der Waals surface area contributed by atoms with Crippen molar-refractivity contribution in [3.63, 3.8) is 0 Å². The maximum atomic E-state index is 11.9. The molecule has 2 amide bonds. The minimum Gasteiger partial charge on any atom is -0.550 e. The van der Waals surface area contributed by atoms with Gasteiger partial charge in [-0.05, 0) is 29.3 Å². The van der Waals surface area contributed by atoms with Gasteiger partial charge in [-0.2, -0.15) is 0 Å². The molecule has 1 saturated heterocycles. The molecule has 1 aliphatic rings. The molecular formula is C11H8NO4S2-. The van der Waals surface area contributed by atoms with Crippen molar-refractivity contribution in [3.8, 4) is 0 Å². The molecule has 0 N–H and O–H groups in total. The lowest BCUT2D eigenvalue weighted by atomic mass is 10.3. The van der Waals surface area contributed by atoms with Crippen LogP contribution in [0.1, 0.15) is 11.3 Å². The summed E-state index contributed by atoms with van der Waals surface area (Å²) in [5, 5.41) is 11.8. The summed E-state index contributed by atoms with van der Waals surface area (Å²) in [6.45, 7) is -0.144. The topological polar surface area (TPSA) is 77.5 Å². The lowest BCUT2D eigenvalue weighted by molar-refractivity contribution is -0.305. The van der Waals surface area contributed by atoms with E-state index in [-0.39, 0.29) is 13.0 Å². The number of carbonyl (C=O) groups is 3. The van der Waals surface area contributed by atoms with E-state index in [9.17, 15) is 19.5 Å². The Morgan fingerprint density at radius 3 is 2.83 bits per heavy atom. The van der Waals surface area contributed by atoms with Gasteiger partial charge in [0, 0.05) is 23.8 Å². The number of nitrogens with zero attached hydrogens (tertiary/aromatic N) is 1. The van der Waals surface area contributed by atoms with Crippen LogP contribution in [0.5, 0.6) is 0 Å². The summed E-state index contributed by atoms with van der Waals surface area (Å²) in [5.74, 6) is -1.73. The zero-order chi connectivity index (χ0) is 13.1. The van der Waals surface area contributed by atoms with Gasteiger partial charge < -0.3 is 9.90 Å². The Kier molecular flexibility index (Phi) is 3.83. The fourth-order valence-electron chi connectivity index (χ4n) is 1.40. The number of thioether (sulfide) groups is 1. The third-order valence-electron chi connectivity index (χ3n) is 2.23. The van der Waals surface area contributed by atoms with Gasteiger partial charge in [-0.1, -0.05) is 6.07 Å². The number of carboxylic acids is 1. The molecular weight excluding hydrogens is 274 g/mol. The van der Waals surface area contributed by atoms with E-state index >= 15 is 0 Å². The molecule has 2 rings (SSSR count). The molecule has 0 radical (unpaired) electrons. The van der Waals surface area contributed by atoms with Crippen LogP contribution in [0.15, 0.2) is 22.4 Å². The molecule has 0 bridgehead atoms. The molecule has 1 aliphatic heterocycles. The van der Waals surface area contributed by atoms with Crippen LogP contribution in [0.2, 0.25) is 0 Å². The monoisotopic (exact) mass is 282 g/mol. The molecule has 1 aromatic heterocycles. The zero-order valence-electron chi connectivity index (χ0n) is 9.12. The van der Waals surface area contributed by atoms with Crippen LogP contribution >= 0.6 is 23.1 Å². The highest BCUT2D eigenvalue weighted by atomic mass is 32.2. The fraction of sp³-hybridized carbons (Fsp3) is 0.182. The van der Waals surface area contributed by atoms with E-state index in [1.807, 2.05) is 17.5 Å². The number of rotatable bonds is 4. The first-order chi connectivity index (χ1) is 8.58. The van der Waals surface area contributed by atoms with Crippen molar-refractivity contribution in [1.82, 2.24) is 4.90 Å². The lowest BCUT2D eigenvalue weighted by Gasteiger charge is -2.11. The summed E-state index contributed by atoms with van der Waals surface area (Å²) < 4.78 is 0. The van der Waals surface area contributed by atoms with Crippen molar-refractivity contribution in [1.29, 1.82) is 0 Å². The van der Waals surface area contributed by atoms with Crippen molar-refractivity contribution >= 4 is 46.3 Å². The Morgan fingerprint density at radius 1 is 1.44 bits per heavy atom. The first-order valence-corrected chi connectivity index (χ1v) is 6.76. The molecule has 0 atom stereocenters. The quantitative estimate of drug-likeness (QED) is 0.768. The molecule has 7 heteroatoms. The highest BCUT2D eigenvalue weighted by Gasteiger charge is 2.34. The van der Waals surface area contributed by atoms with Crippen molar-refractivity contribution in [2.75, 3.05) is 6.54 Å². The number of aliphatic carboxylic acids is 1. The Morgan fingerprint density at radius 2 is 2.22 bits per heavy atom. The number of carbonyl (C=O) groups excluding carboxylic acids is 3. The van der Waals surface area contributed by atoms with Gasteiger partial charge >= 0.3 is 0 Å². The molecule has 5 nitrogen and oxygen atoms in total. The van der Waals surface area contributed by atoms with Gasteiger partial charge in [-0.25, -0.2) is 0 Å². The average molecular weight is 282 g/mol. The smallest absolute Gasteiger partial charge is 0.293 e. The molecule has 0 spiro atoms. The molecule has 0 saturated carbocycles. The van der Waals surface area contributed by atoms with Crippen molar-refractivity contribution < 1.29 is 19.5 Å². The standard InChI is InChI=1S/C11H9NO4S2/c13-9(14)3-4-12-10(15)8(18-11(12)16)6-7-2-1-5-17-7/h1-2,5-6H,3-4H2,(H,13,14)/p-1/b8-6-. The van der Waals surface area contributed by atoms with Crippen LogP contribution in [0, 0.1) is 0 Å². The van der Waals surface area contributed by atoms with Crippen LogP contribution in [-0.4, -0.2) is 28.6 Å². The predicted octanol–water partition coefficient (Wildman–Crippen LogP) is 0.924. The molecule has 1 fully saturated rings. The van der Waals surface area contributed by atoms with E-state index in [0.717, 1.165) is 21.5 Å². The fourth-order valence-corrected chi connectivity index (χ4v) is 2.99. The summed E-state index contributed by atoms with van der Waals surface area (Å²) in [6, 6.07) is 3.68. The first kappa shape index (κ1) is 12.8. The summed E-state index contributed by atoms with van der Waals surface area (Å²) >= 11 is 2.28. The van der Waals surface area contributed by atoms with Gasteiger partial charge in [-0.3, -0.25) is 14.5 Å². The molecule has 0 aromatic carbocycles. The molecule has 18 heavy (non-hydrogen) atoms. The van der Waals surface area contributed by atoms with E-state index in [2.05, 4.69) is 0 Å². The summed E-state index contributed by atoms with van der Waals surface area (Å²) in [7, 11) is 0. The van der Waals surface area contributed by atoms with Crippen molar-refractivity contribution in [2.45, 2.75) is 6.42 Å². The van der Waals surface area contributed by atoms with Crippen LogP contribution in [0.25, 0.3) is 6.08 Å². The Labute approximate surface area is 111 Å². The van der Waals surface area contributed by atoms with E-state index in [1.165, 1.54) is 11.3 Å². The van der Waals surface area contributed by atoms with Crippen LogP contribution < -0.4 is 5.11 Å². The van der Waals surface area contributed by atoms with Gasteiger partial charge in [0.05, 0.1) is 4.91 Å². The van der Waals surface area contributed by atoms with Crippen molar-refractivity contribution in [2.24, 2.45) is 0 Å². The molecule has 2 heterocycles. The van der Waals surface area contributed by atoms with Crippen LogP contribution in [0.3, 0.4) is 0 Å². The second kappa shape index (κ2) is 5.36. The zero-order valence-corrected chi connectivity index (χ0v) is 10.8. The van der Waals surface area contributed by atoms with Gasteiger partial charge in [-0.15, -0.1) is 11.3 Å². The minimum atomic E-state index is -1.28. The Hall–Kier alpha value is -1.60. The number of imide groups is 1. The largest absolute Gasteiger partial charge is 0.550 e. The van der Waals surface area contributed by atoms with Crippen LogP contribution in [0.4, 0.5) is 4.79 Å². The number of carboxylic acid groups (broad SMARTS) is 1. The highest BCUT2D eigenvalue weighted by Crippen LogP contribution is 2.32. The molecule has 0 unspecified atom stereocenters. The van der Waals surface area contributed by atoms with Crippen molar-refractivity contribution in [3.05, 3.63) is 27.3 Å². The average Bonchev–Trinajstić information content (AvgIpc) is 2.88. The second-order valence-corrected chi connectivity index (χ2v) is 5.44. The van der Waals surface area contributed by atoms with E-state index in [1.54, 1.807) is 6.08 Å². The third kappa shape index (κ3) is 2.80. The lowest BCUT2D eigenvalue weighted by Crippen LogP contribution is -2.33. The summed E-state index contributed by atoms with van der Waals surface area (Å²) in [6.07, 6.45) is 1.29. The third-order valence-corrected chi connectivity index (χ3v) is 3.96. The first-order valence-electron chi connectivity index (χ1n) is 5.06. The van der Waals surface area contributed by atoms with E-state index < -0.39 is 17.1 Å². The van der Waals surface area contributed by atoms with Gasteiger partial charge in [0.25, 0.3) is 11.1 Å². The molecule has 94 valence electrons. The van der Waals surface area contributed by atoms with Gasteiger partial charge in [0.15, 0.2) is 0 Å². The maximum absolute atomic E-state index is 11.9. The van der Waals surface area contributed by atoms with Gasteiger partial charge in [0.1, 0.15) is 0 Å². The molecule has 1 aromatic rings. The number of hydrogen-bond acceptors (Lipinski definition) is 6. The summed E-state index contributed by atoms with van der Waals surface area (Å²) in [4.78, 5) is 35.9. The molecule has 0 aliphatic carbocycles. The SMILES string of the molecule is O=C([O-])CCN1C(=O)S/C(=C\c2cccs2)C1=O. The number of amides is 2. The Balaban J connectivity index is 2.11. The normalized spacial score (nSPS) is 17.8. The number of thiophene rings is 1. The minimum absolute atomic E-state index is 0.144. The van der Waals surface area contributed by atoms with Crippen LogP contribution in [-0.2, 0) is 9.59 Å². The Bertz CT molecular complexity index is 521.